The number of likely N-dealkylation sites (tertiary alicyclic amines) is 3. The average molecular weight is 1200 g/mol. The van der Waals surface area contributed by atoms with Gasteiger partial charge in [0.1, 0.15) is 17.4 Å². The lowest BCUT2D eigenvalue weighted by molar-refractivity contribution is -0.144. The molecule has 1 spiro atoms. The summed E-state index contributed by atoms with van der Waals surface area (Å²) in [4.78, 5) is 128. The van der Waals surface area contributed by atoms with Crippen molar-refractivity contribution in [2.75, 3.05) is 54.8 Å². The quantitative estimate of drug-likeness (QED) is 0.0811. The van der Waals surface area contributed by atoms with Gasteiger partial charge in [-0.25, -0.2) is 14.4 Å². The number of nitrogens with zero attached hydrogens (tertiary/aromatic N) is 8. The third-order valence-corrected chi connectivity index (χ3v) is 20.4. The Bertz CT molecular complexity index is 3680. The van der Waals surface area contributed by atoms with Gasteiger partial charge in [-0.3, -0.25) is 48.6 Å². The summed E-state index contributed by atoms with van der Waals surface area (Å²) in [6.07, 6.45) is 12.0. The molecule has 8 heterocycles. The number of carbonyl (C=O) groups excluding carboxylic acids is 8. The van der Waals surface area contributed by atoms with Crippen molar-refractivity contribution < 1.29 is 42.7 Å². The van der Waals surface area contributed by atoms with Crippen LogP contribution < -0.4 is 26.2 Å². The lowest BCUT2D eigenvalue weighted by atomic mass is 9.73. The minimum absolute atomic E-state index is 0.00136. The summed E-state index contributed by atoms with van der Waals surface area (Å²) in [6, 6.07) is 15.3. The number of carbonyl (C=O) groups is 8. The molecule has 0 bridgehead atoms. The largest absolute Gasteiger partial charge is 0.382 e. The molecule has 8 aliphatic rings. The summed E-state index contributed by atoms with van der Waals surface area (Å²) in [5.74, 6) is -2.79. The fourth-order valence-corrected chi connectivity index (χ4v) is 15.4. The number of anilines is 4. The van der Waals surface area contributed by atoms with Crippen LogP contribution in [0.25, 0.3) is 22.3 Å². The third-order valence-electron chi connectivity index (χ3n) is 20.4. The molecule has 8 amide bonds. The number of halogens is 1. The molecule has 6 fully saturated rings. The Labute approximate surface area is 511 Å². The molecule has 20 nitrogen and oxygen atoms in total. The number of amides is 8. The van der Waals surface area contributed by atoms with Crippen molar-refractivity contribution in [1.82, 2.24) is 44.8 Å². The van der Waals surface area contributed by atoms with Gasteiger partial charge in [0.15, 0.2) is 5.82 Å². The van der Waals surface area contributed by atoms with E-state index in [0.29, 0.717) is 123 Å². The Kier molecular flexibility index (Phi) is 15.7. The topological polar surface area (TPSA) is 232 Å². The normalized spacial score (nSPS) is 24.1. The second kappa shape index (κ2) is 23.5. The molecule has 0 radical (unpaired) electrons. The number of hydrogen-bond donors (Lipinski definition) is 4. The third kappa shape index (κ3) is 10.6. The van der Waals surface area contributed by atoms with E-state index in [1.165, 1.54) is 31.4 Å². The number of piperidine rings is 4. The van der Waals surface area contributed by atoms with E-state index in [0.717, 1.165) is 47.6 Å². The predicted octanol–water partition coefficient (Wildman–Crippen LogP) is 8.54. The van der Waals surface area contributed by atoms with Gasteiger partial charge in [-0.1, -0.05) is 24.6 Å². The molecule has 21 heteroatoms. The average Bonchev–Trinajstić information content (AvgIpc) is 1.57. The van der Waals surface area contributed by atoms with E-state index in [-0.39, 0.29) is 89.3 Å². The number of hydrogen-bond acceptors (Lipinski definition) is 13. The molecule has 1 atom stereocenters. The summed E-state index contributed by atoms with van der Waals surface area (Å²) in [5.41, 5.74) is 5.64. The molecule has 2 aromatic heterocycles. The summed E-state index contributed by atoms with van der Waals surface area (Å²) in [5, 5.41) is 11.9. The molecule has 2 saturated carbocycles. The number of rotatable bonds is 13. The zero-order chi connectivity index (χ0) is 61.4. The standard InChI is InChI=1S/C67H79FN12O8/c1-37(2)70-60(82)47-34-52(49(68)30-39(47)5)73-59-58-53(69-36-78(58)38(3)4)35-51(72-59)42-14-17-48-55(31-42)79(45-32-44(33-45)75-24-7-6-8-25-75)66(88)67(48)22-28-77(29-23-67)63(85)41-20-26-76(27-21-41)62(84)40-12-15-43(16-13-40)71-50-11-9-10-46-57(50)65(87)80(64(46)86)54-18-19-56(81)74-61(54)83/h9-11,14,17,30-31,34-38,40-41,43-45,54,71H,6-8,12-13,15-16,18-29,32-33H2,1-5H3,(H,70,82)(H,72,73)(H,74,81,83)/t40-,43-,44?,45?,54?. The fraction of sp³-hybridized carbons (Fsp3) is 0.522. The molecule has 5 aromatic rings. The summed E-state index contributed by atoms with van der Waals surface area (Å²) < 4.78 is 18.0. The number of imide groups is 2. The van der Waals surface area contributed by atoms with E-state index in [9.17, 15) is 33.6 Å². The molecule has 4 N–H and O–H groups in total. The summed E-state index contributed by atoms with van der Waals surface area (Å²) in [7, 11) is 0. The molecule has 4 saturated heterocycles. The van der Waals surface area contributed by atoms with Gasteiger partial charge in [-0.15, -0.1) is 0 Å². The van der Waals surface area contributed by atoms with Crippen molar-refractivity contribution in [3.8, 4) is 11.3 Å². The lowest BCUT2D eigenvalue weighted by Gasteiger charge is -2.48. The molecule has 2 aliphatic carbocycles. The van der Waals surface area contributed by atoms with Crippen LogP contribution in [0.3, 0.4) is 0 Å². The predicted molar refractivity (Wildman–Crippen MR) is 329 cm³/mol. The minimum Gasteiger partial charge on any atom is -0.382 e. The highest BCUT2D eigenvalue weighted by Crippen LogP contribution is 2.53. The smallest absolute Gasteiger partial charge is 0.264 e. The highest BCUT2D eigenvalue weighted by atomic mass is 19.1. The van der Waals surface area contributed by atoms with Gasteiger partial charge in [0, 0.05) is 97.1 Å². The first-order valence-electron chi connectivity index (χ1n) is 32.0. The molecule has 13 rings (SSSR count). The molecule has 462 valence electrons. The fourth-order valence-electron chi connectivity index (χ4n) is 15.4. The van der Waals surface area contributed by atoms with Gasteiger partial charge < -0.3 is 40.1 Å². The minimum atomic E-state index is -1.05. The van der Waals surface area contributed by atoms with Crippen molar-refractivity contribution in [3.63, 3.8) is 0 Å². The van der Waals surface area contributed by atoms with Crippen molar-refractivity contribution in [1.29, 1.82) is 0 Å². The second-order valence-corrected chi connectivity index (χ2v) is 26.5. The number of nitrogens with one attached hydrogen (secondary N) is 4. The van der Waals surface area contributed by atoms with Crippen LogP contribution in [0.2, 0.25) is 0 Å². The maximum absolute atomic E-state index is 16.0. The first kappa shape index (κ1) is 58.9. The molecule has 6 aliphatic heterocycles. The zero-order valence-electron chi connectivity index (χ0n) is 51.0. The van der Waals surface area contributed by atoms with E-state index in [4.69, 9.17) is 9.97 Å². The Morgan fingerprint density at radius 1 is 0.739 bits per heavy atom. The monoisotopic (exact) mass is 1200 g/mol. The number of pyridine rings is 1. The maximum Gasteiger partial charge on any atom is 0.264 e. The van der Waals surface area contributed by atoms with Crippen LogP contribution in [-0.2, 0) is 29.4 Å². The van der Waals surface area contributed by atoms with Crippen LogP contribution in [0, 0.1) is 24.6 Å². The van der Waals surface area contributed by atoms with Gasteiger partial charge in [-0.2, -0.15) is 0 Å². The van der Waals surface area contributed by atoms with Crippen LogP contribution in [0.4, 0.5) is 27.3 Å². The Hall–Kier alpha value is -8.07. The summed E-state index contributed by atoms with van der Waals surface area (Å²) in [6.45, 7) is 13.6. The Balaban J connectivity index is 0.676. The van der Waals surface area contributed by atoms with Gasteiger partial charge in [0.2, 0.25) is 29.5 Å². The Morgan fingerprint density at radius 2 is 1.44 bits per heavy atom. The van der Waals surface area contributed by atoms with E-state index >= 15 is 9.18 Å². The molecular weight excluding hydrogens is 1120 g/mol. The molecular formula is C67H79FN12O8. The van der Waals surface area contributed by atoms with E-state index in [1.807, 2.05) is 54.2 Å². The van der Waals surface area contributed by atoms with Crippen LogP contribution in [0.5, 0.6) is 0 Å². The van der Waals surface area contributed by atoms with Gasteiger partial charge in [0.05, 0.1) is 39.8 Å². The van der Waals surface area contributed by atoms with Crippen LogP contribution in [0.1, 0.15) is 172 Å². The first-order valence-corrected chi connectivity index (χ1v) is 32.0. The van der Waals surface area contributed by atoms with E-state index < -0.39 is 40.9 Å². The highest BCUT2D eigenvalue weighted by molar-refractivity contribution is 6.25. The van der Waals surface area contributed by atoms with Gasteiger partial charge in [0.25, 0.3) is 17.7 Å². The van der Waals surface area contributed by atoms with Crippen LogP contribution in [-0.4, -0.2) is 151 Å². The molecule has 1 unspecified atom stereocenters. The number of aromatic nitrogens is 3. The summed E-state index contributed by atoms with van der Waals surface area (Å²) >= 11 is 0. The highest BCUT2D eigenvalue weighted by Gasteiger charge is 2.56. The molecule has 3 aromatic carbocycles. The van der Waals surface area contributed by atoms with Crippen LogP contribution >= 0.6 is 0 Å². The second-order valence-electron chi connectivity index (χ2n) is 26.5. The van der Waals surface area contributed by atoms with Crippen molar-refractivity contribution >= 4 is 81.2 Å². The van der Waals surface area contributed by atoms with Crippen molar-refractivity contribution in [2.24, 2.45) is 11.8 Å². The Morgan fingerprint density at radius 3 is 2.14 bits per heavy atom. The SMILES string of the molecule is Cc1cc(F)c(Nc2nc(-c3ccc4c(c3)N(C3CC(N5CCCCC5)C3)C(=O)C43CCN(C(=O)C4CCN(C(=O)[C@H]5CC[C@H](Nc6cccc7c6C(=O)N(C6CCC(=O)NC6=O)C7=O)CC5)CC4)CC3)cc3ncn(C(C)C)c23)cc1C(=O)NC(C)C. The first-order chi connectivity index (χ1) is 42.3. The number of imidazole rings is 1. The van der Waals surface area contributed by atoms with Gasteiger partial charge >= 0.3 is 0 Å². The van der Waals surface area contributed by atoms with Crippen molar-refractivity contribution in [3.05, 3.63) is 94.6 Å². The molecule has 88 heavy (non-hydrogen) atoms. The number of aryl methyl sites for hydroxylation is 1. The van der Waals surface area contributed by atoms with Crippen molar-refractivity contribution in [2.45, 2.75) is 173 Å². The van der Waals surface area contributed by atoms with E-state index in [2.05, 4.69) is 43.2 Å². The number of benzene rings is 3. The zero-order valence-corrected chi connectivity index (χ0v) is 51.0. The number of fused-ring (bicyclic) bond motifs is 4. The lowest BCUT2D eigenvalue weighted by Crippen LogP contribution is -2.58. The van der Waals surface area contributed by atoms with Crippen LogP contribution in [0.15, 0.2) is 60.9 Å². The van der Waals surface area contributed by atoms with E-state index in [1.54, 1.807) is 31.5 Å². The maximum atomic E-state index is 16.0. The van der Waals surface area contributed by atoms with Gasteiger partial charge in [-0.05, 0) is 179 Å².